The second-order valence-electron chi connectivity index (χ2n) is 4.81. The SMILES string of the molecule is CC.CC#CCOC(C)CCN(C)C(C)CCCC. The van der Waals surface area contributed by atoms with Crippen LogP contribution in [0.25, 0.3) is 0 Å². The summed E-state index contributed by atoms with van der Waals surface area (Å²) in [7, 11) is 2.21. The van der Waals surface area contributed by atoms with Crippen LogP contribution in [-0.4, -0.2) is 37.2 Å². The molecule has 0 aromatic rings. The van der Waals surface area contributed by atoms with Crippen LogP contribution in [0.15, 0.2) is 0 Å². The standard InChI is InChI=1S/C15H29NO.C2H6/c1-6-8-10-14(3)16(5)12-11-15(4)17-13-9-7-2;1-2/h14-15H,6,8,10-13H2,1-5H3;1-2H3. The molecule has 0 fully saturated rings. The molecule has 0 saturated carbocycles. The van der Waals surface area contributed by atoms with Gasteiger partial charge in [-0.1, -0.05) is 39.5 Å². The fourth-order valence-corrected chi connectivity index (χ4v) is 1.67. The topological polar surface area (TPSA) is 12.5 Å². The van der Waals surface area contributed by atoms with Gasteiger partial charge in [0.1, 0.15) is 6.61 Å². The predicted octanol–water partition coefficient (Wildman–Crippen LogP) is 4.34. The molecule has 2 nitrogen and oxygen atoms in total. The van der Waals surface area contributed by atoms with Crippen LogP contribution < -0.4 is 0 Å². The normalized spacial score (nSPS) is 13.1. The molecule has 2 unspecified atom stereocenters. The molecule has 19 heavy (non-hydrogen) atoms. The van der Waals surface area contributed by atoms with E-state index >= 15 is 0 Å². The molecule has 0 aromatic heterocycles. The van der Waals surface area contributed by atoms with Gasteiger partial charge in [-0.05, 0) is 40.7 Å². The smallest absolute Gasteiger partial charge is 0.108 e. The summed E-state index contributed by atoms with van der Waals surface area (Å²) < 4.78 is 5.59. The lowest BCUT2D eigenvalue weighted by Crippen LogP contribution is -2.31. The first-order valence-electron chi connectivity index (χ1n) is 7.83. The van der Waals surface area contributed by atoms with E-state index in [1.165, 1.54) is 19.3 Å². The molecular formula is C17H35NO. The van der Waals surface area contributed by atoms with Crippen molar-refractivity contribution in [2.24, 2.45) is 0 Å². The zero-order valence-corrected chi connectivity index (χ0v) is 14.3. The minimum atomic E-state index is 0.302. The molecule has 0 aliphatic carbocycles. The molecular weight excluding hydrogens is 234 g/mol. The van der Waals surface area contributed by atoms with Gasteiger partial charge in [-0.15, -0.1) is 5.92 Å². The highest BCUT2D eigenvalue weighted by Gasteiger charge is 2.10. The van der Waals surface area contributed by atoms with Crippen LogP contribution in [-0.2, 0) is 4.74 Å². The average molecular weight is 269 g/mol. The Morgan fingerprint density at radius 1 is 1.16 bits per heavy atom. The first-order chi connectivity index (χ1) is 9.11. The van der Waals surface area contributed by atoms with Gasteiger partial charge in [0, 0.05) is 12.6 Å². The van der Waals surface area contributed by atoms with Crippen molar-refractivity contribution in [1.29, 1.82) is 0 Å². The molecule has 0 heterocycles. The monoisotopic (exact) mass is 269 g/mol. The minimum absolute atomic E-state index is 0.302. The van der Waals surface area contributed by atoms with Gasteiger partial charge in [-0.2, -0.15) is 0 Å². The van der Waals surface area contributed by atoms with E-state index < -0.39 is 0 Å². The predicted molar refractivity (Wildman–Crippen MR) is 86.4 cm³/mol. The zero-order chi connectivity index (χ0) is 15.1. The van der Waals surface area contributed by atoms with Crippen LogP contribution in [0.3, 0.4) is 0 Å². The van der Waals surface area contributed by atoms with E-state index in [9.17, 15) is 0 Å². The molecule has 0 rings (SSSR count). The van der Waals surface area contributed by atoms with E-state index in [0.29, 0.717) is 18.8 Å². The maximum atomic E-state index is 5.59. The summed E-state index contributed by atoms with van der Waals surface area (Å²) in [4.78, 5) is 2.43. The third-order valence-electron chi connectivity index (χ3n) is 3.23. The van der Waals surface area contributed by atoms with Gasteiger partial charge in [-0.3, -0.25) is 0 Å². The summed E-state index contributed by atoms with van der Waals surface area (Å²) in [6.45, 7) is 14.2. The molecule has 0 bridgehead atoms. The van der Waals surface area contributed by atoms with E-state index in [0.717, 1.165) is 13.0 Å². The molecule has 0 saturated heterocycles. The van der Waals surface area contributed by atoms with Crippen molar-refractivity contribution in [2.75, 3.05) is 20.2 Å². The highest BCUT2D eigenvalue weighted by atomic mass is 16.5. The molecule has 2 atom stereocenters. The zero-order valence-electron chi connectivity index (χ0n) is 14.3. The summed E-state index contributed by atoms with van der Waals surface area (Å²) in [5.41, 5.74) is 0. The molecule has 0 spiro atoms. The van der Waals surface area contributed by atoms with Gasteiger partial charge < -0.3 is 9.64 Å². The van der Waals surface area contributed by atoms with Crippen molar-refractivity contribution in [2.45, 2.75) is 79.4 Å². The van der Waals surface area contributed by atoms with E-state index in [-0.39, 0.29) is 0 Å². The van der Waals surface area contributed by atoms with Gasteiger partial charge in [0.2, 0.25) is 0 Å². The van der Waals surface area contributed by atoms with Crippen molar-refractivity contribution in [1.82, 2.24) is 4.90 Å². The van der Waals surface area contributed by atoms with Crippen molar-refractivity contribution in [3.05, 3.63) is 0 Å². The lowest BCUT2D eigenvalue weighted by Gasteiger charge is -2.25. The van der Waals surface area contributed by atoms with Crippen molar-refractivity contribution in [3.63, 3.8) is 0 Å². The van der Waals surface area contributed by atoms with Gasteiger partial charge in [0.25, 0.3) is 0 Å². The maximum Gasteiger partial charge on any atom is 0.108 e. The Hall–Kier alpha value is -0.520. The third kappa shape index (κ3) is 13.7. The summed E-state index contributed by atoms with van der Waals surface area (Å²) in [5, 5.41) is 0. The third-order valence-corrected chi connectivity index (χ3v) is 3.23. The molecule has 0 radical (unpaired) electrons. The van der Waals surface area contributed by atoms with Gasteiger partial charge in [0.15, 0.2) is 0 Å². The summed E-state index contributed by atoms with van der Waals surface area (Å²) >= 11 is 0. The molecule has 0 amide bonds. The average Bonchev–Trinajstić information content (AvgIpc) is 2.44. The number of rotatable bonds is 9. The van der Waals surface area contributed by atoms with E-state index in [4.69, 9.17) is 4.74 Å². The summed E-state index contributed by atoms with van der Waals surface area (Å²) in [6.07, 6.45) is 5.29. The lowest BCUT2D eigenvalue weighted by atomic mass is 10.1. The Labute approximate surface area is 121 Å². The van der Waals surface area contributed by atoms with Crippen LogP contribution in [0.4, 0.5) is 0 Å². The fraction of sp³-hybridized carbons (Fsp3) is 0.882. The molecule has 0 aromatic carbocycles. The van der Waals surface area contributed by atoms with Gasteiger partial charge in [-0.25, -0.2) is 0 Å². The number of unbranched alkanes of at least 4 members (excludes halogenated alkanes) is 1. The largest absolute Gasteiger partial charge is 0.366 e. The van der Waals surface area contributed by atoms with Crippen LogP contribution in [0.5, 0.6) is 0 Å². The molecule has 114 valence electrons. The van der Waals surface area contributed by atoms with Crippen molar-refractivity contribution < 1.29 is 4.74 Å². The first-order valence-corrected chi connectivity index (χ1v) is 7.83. The Morgan fingerprint density at radius 2 is 1.79 bits per heavy atom. The maximum absolute atomic E-state index is 5.59. The second kappa shape index (κ2) is 15.5. The number of hydrogen-bond donors (Lipinski definition) is 0. The molecule has 0 aliphatic rings. The van der Waals surface area contributed by atoms with E-state index in [1.54, 1.807) is 0 Å². The van der Waals surface area contributed by atoms with Crippen LogP contribution >= 0.6 is 0 Å². The first kappa shape index (κ1) is 20.8. The van der Waals surface area contributed by atoms with Crippen LogP contribution in [0, 0.1) is 11.8 Å². The molecule has 0 aliphatic heterocycles. The number of nitrogens with zero attached hydrogens (tertiary/aromatic N) is 1. The molecule has 2 heteroatoms. The second-order valence-corrected chi connectivity index (χ2v) is 4.81. The Morgan fingerprint density at radius 3 is 2.32 bits per heavy atom. The highest BCUT2D eigenvalue weighted by molar-refractivity contribution is 4.94. The summed E-state index contributed by atoms with van der Waals surface area (Å²) in [5.74, 6) is 5.78. The number of hydrogen-bond acceptors (Lipinski definition) is 2. The van der Waals surface area contributed by atoms with Crippen LogP contribution in [0.2, 0.25) is 0 Å². The van der Waals surface area contributed by atoms with Crippen LogP contribution in [0.1, 0.15) is 67.2 Å². The van der Waals surface area contributed by atoms with E-state index in [1.807, 2.05) is 20.8 Å². The fourth-order valence-electron chi connectivity index (χ4n) is 1.67. The van der Waals surface area contributed by atoms with Crippen molar-refractivity contribution in [3.8, 4) is 11.8 Å². The van der Waals surface area contributed by atoms with E-state index in [2.05, 4.69) is 44.6 Å². The minimum Gasteiger partial charge on any atom is -0.366 e. The Balaban J connectivity index is 0. The number of ether oxygens (including phenoxy) is 1. The van der Waals surface area contributed by atoms with Crippen molar-refractivity contribution >= 4 is 0 Å². The molecule has 0 N–H and O–H groups in total. The van der Waals surface area contributed by atoms with Gasteiger partial charge in [0.05, 0.1) is 6.10 Å². The van der Waals surface area contributed by atoms with Gasteiger partial charge >= 0.3 is 0 Å². The lowest BCUT2D eigenvalue weighted by molar-refractivity contribution is 0.0734. The Kier molecular flexibility index (Phi) is 17.0. The Bertz CT molecular complexity index is 229. The summed E-state index contributed by atoms with van der Waals surface area (Å²) in [6, 6.07) is 0.678. The highest BCUT2D eigenvalue weighted by Crippen LogP contribution is 2.08. The quantitative estimate of drug-likeness (QED) is 0.577.